The van der Waals surface area contributed by atoms with Gasteiger partial charge in [0.2, 0.25) is 5.91 Å². The van der Waals surface area contributed by atoms with Crippen molar-refractivity contribution in [3.8, 4) is 6.07 Å². The van der Waals surface area contributed by atoms with Gasteiger partial charge in [0.25, 0.3) is 0 Å². The molecule has 1 amide bonds. The molecule has 1 N–H and O–H groups in total. The normalized spacial score (nSPS) is 17.7. The molecule has 2 rings (SSSR count). The van der Waals surface area contributed by atoms with E-state index in [9.17, 15) is 4.79 Å². The minimum atomic E-state index is -0.371. The van der Waals surface area contributed by atoms with E-state index in [0.717, 1.165) is 24.0 Å². The van der Waals surface area contributed by atoms with Crippen LogP contribution in [-0.2, 0) is 11.2 Å². The second-order valence-electron chi connectivity index (χ2n) is 6.23. The van der Waals surface area contributed by atoms with Gasteiger partial charge >= 0.3 is 0 Å². The highest BCUT2D eigenvalue weighted by Crippen LogP contribution is 2.35. The maximum Gasteiger partial charge on any atom is 0.225 e. The summed E-state index contributed by atoms with van der Waals surface area (Å²) >= 11 is 0. The van der Waals surface area contributed by atoms with Gasteiger partial charge in [-0.25, -0.2) is 0 Å². The van der Waals surface area contributed by atoms with Crippen molar-refractivity contribution in [2.45, 2.75) is 46.6 Å². The maximum absolute atomic E-state index is 12.1. The topological polar surface area (TPSA) is 52.9 Å². The molecule has 0 fully saturated rings. The molecule has 1 aromatic rings. The van der Waals surface area contributed by atoms with Crippen molar-refractivity contribution in [2.75, 3.05) is 0 Å². The Morgan fingerprint density at radius 3 is 2.68 bits per heavy atom. The van der Waals surface area contributed by atoms with Crippen LogP contribution in [0, 0.1) is 23.7 Å². The first kappa shape index (κ1) is 13.6. The average molecular weight is 256 g/mol. The SMILES string of the molecule is Cc1c(C#N)ccc2c1CC[C@@H]2NC(=O)C(C)(C)C. The third-order valence-corrected chi connectivity index (χ3v) is 3.80. The van der Waals surface area contributed by atoms with Crippen LogP contribution in [0.3, 0.4) is 0 Å². The number of nitriles is 1. The molecule has 0 aromatic heterocycles. The molecule has 0 heterocycles. The van der Waals surface area contributed by atoms with Gasteiger partial charge in [0.1, 0.15) is 0 Å². The first-order valence-corrected chi connectivity index (χ1v) is 6.68. The van der Waals surface area contributed by atoms with Crippen LogP contribution < -0.4 is 5.32 Å². The lowest BCUT2D eigenvalue weighted by Crippen LogP contribution is -2.36. The lowest BCUT2D eigenvalue weighted by atomic mass is 9.94. The van der Waals surface area contributed by atoms with E-state index in [4.69, 9.17) is 5.26 Å². The van der Waals surface area contributed by atoms with Gasteiger partial charge in [0, 0.05) is 5.41 Å². The zero-order valence-corrected chi connectivity index (χ0v) is 12.0. The molecule has 3 nitrogen and oxygen atoms in total. The summed E-state index contributed by atoms with van der Waals surface area (Å²) in [7, 11) is 0. The molecule has 3 heteroatoms. The molecule has 100 valence electrons. The highest BCUT2D eigenvalue weighted by molar-refractivity contribution is 5.82. The zero-order valence-electron chi connectivity index (χ0n) is 12.0. The number of carbonyl (C=O) groups excluding carboxylic acids is 1. The van der Waals surface area contributed by atoms with Gasteiger partial charge in [-0.3, -0.25) is 4.79 Å². The molecule has 0 spiro atoms. The molecule has 0 saturated heterocycles. The Bertz CT molecular complexity index is 561. The summed E-state index contributed by atoms with van der Waals surface area (Å²) in [5.41, 5.74) is 3.84. The number of nitrogens with zero attached hydrogens (tertiary/aromatic N) is 1. The molecule has 1 aliphatic carbocycles. The zero-order chi connectivity index (χ0) is 14.2. The van der Waals surface area contributed by atoms with Gasteiger partial charge in [-0.2, -0.15) is 5.26 Å². The molecular weight excluding hydrogens is 236 g/mol. The van der Waals surface area contributed by atoms with Crippen molar-refractivity contribution < 1.29 is 4.79 Å². The Hall–Kier alpha value is -1.82. The van der Waals surface area contributed by atoms with Gasteiger partial charge in [0.05, 0.1) is 17.7 Å². The molecule has 1 aromatic carbocycles. The Labute approximate surface area is 114 Å². The van der Waals surface area contributed by atoms with Crippen LogP contribution in [-0.4, -0.2) is 5.91 Å². The Kier molecular flexibility index (Phi) is 3.36. The smallest absolute Gasteiger partial charge is 0.225 e. The minimum Gasteiger partial charge on any atom is -0.349 e. The maximum atomic E-state index is 12.1. The second-order valence-corrected chi connectivity index (χ2v) is 6.23. The molecule has 0 bridgehead atoms. The number of amides is 1. The Morgan fingerprint density at radius 2 is 2.11 bits per heavy atom. The summed E-state index contributed by atoms with van der Waals surface area (Å²) in [6, 6.07) is 6.15. The van der Waals surface area contributed by atoms with Crippen molar-refractivity contribution in [2.24, 2.45) is 5.41 Å². The fourth-order valence-electron chi connectivity index (χ4n) is 2.53. The largest absolute Gasteiger partial charge is 0.349 e. The number of nitrogens with one attached hydrogen (secondary N) is 1. The molecule has 0 saturated carbocycles. The lowest BCUT2D eigenvalue weighted by Gasteiger charge is -2.22. The van der Waals surface area contributed by atoms with E-state index >= 15 is 0 Å². The Balaban J connectivity index is 2.27. The van der Waals surface area contributed by atoms with Crippen LogP contribution in [0.25, 0.3) is 0 Å². The third kappa shape index (κ3) is 2.49. The fourth-order valence-corrected chi connectivity index (χ4v) is 2.53. The van der Waals surface area contributed by atoms with E-state index in [1.54, 1.807) is 0 Å². The van der Waals surface area contributed by atoms with E-state index in [0.29, 0.717) is 0 Å². The number of fused-ring (bicyclic) bond motifs is 1. The van der Waals surface area contributed by atoms with Crippen LogP contribution in [0.5, 0.6) is 0 Å². The summed E-state index contributed by atoms with van der Waals surface area (Å²) < 4.78 is 0. The fraction of sp³-hybridized carbons (Fsp3) is 0.500. The van der Waals surface area contributed by atoms with E-state index in [-0.39, 0.29) is 17.4 Å². The van der Waals surface area contributed by atoms with Crippen LogP contribution in [0.1, 0.15) is 55.5 Å². The van der Waals surface area contributed by atoms with Gasteiger partial charge in [-0.05, 0) is 42.5 Å². The quantitative estimate of drug-likeness (QED) is 0.839. The van der Waals surface area contributed by atoms with Crippen LogP contribution >= 0.6 is 0 Å². The highest BCUT2D eigenvalue weighted by atomic mass is 16.2. The van der Waals surface area contributed by atoms with Crippen molar-refractivity contribution in [1.29, 1.82) is 5.26 Å². The number of rotatable bonds is 1. The summed E-state index contributed by atoms with van der Waals surface area (Å²) in [4.78, 5) is 12.1. The third-order valence-electron chi connectivity index (χ3n) is 3.80. The monoisotopic (exact) mass is 256 g/mol. The standard InChI is InChI=1S/C16H20N2O/c1-10-11(9-17)5-6-13-12(10)7-8-14(13)18-15(19)16(2,3)4/h5-6,14H,7-8H2,1-4H3,(H,18,19)/t14-/m0/s1. The van der Waals surface area contributed by atoms with Crippen LogP contribution in [0.2, 0.25) is 0 Å². The molecule has 19 heavy (non-hydrogen) atoms. The molecule has 0 aliphatic heterocycles. The van der Waals surface area contributed by atoms with Gasteiger partial charge < -0.3 is 5.32 Å². The van der Waals surface area contributed by atoms with Crippen LogP contribution in [0.15, 0.2) is 12.1 Å². The lowest BCUT2D eigenvalue weighted by molar-refractivity contribution is -0.129. The molecule has 0 unspecified atom stereocenters. The molecule has 1 aliphatic rings. The number of benzene rings is 1. The first-order valence-electron chi connectivity index (χ1n) is 6.68. The molecule has 0 radical (unpaired) electrons. The predicted octanol–water partition coefficient (Wildman–Crippen LogP) is 3.02. The number of hydrogen-bond donors (Lipinski definition) is 1. The summed E-state index contributed by atoms with van der Waals surface area (Å²) in [6.07, 6.45) is 1.86. The minimum absolute atomic E-state index is 0.0763. The van der Waals surface area contributed by atoms with E-state index in [2.05, 4.69) is 11.4 Å². The van der Waals surface area contributed by atoms with E-state index < -0.39 is 0 Å². The Morgan fingerprint density at radius 1 is 1.42 bits per heavy atom. The highest BCUT2D eigenvalue weighted by Gasteiger charge is 2.29. The summed E-state index contributed by atoms with van der Waals surface area (Å²) in [5, 5.41) is 12.2. The van der Waals surface area contributed by atoms with Gasteiger partial charge in [-0.15, -0.1) is 0 Å². The second kappa shape index (κ2) is 4.70. The average Bonchev–Trinajstić information content (AvgIpc) is 2.73. The summed E-state index contributed by atoms with van der Waals surface area (Å²) in [5.74, 6) is 0.0763. The van der Waals surface area contributed by atoms with Crippen molar-refractivity contribution >= 4 is 5.91 Å². The summed E-state index contributed by atoms with van der Waals surface area (Å²) in [6.45, 7) is 7.75. The number of carbonyl (C=O) groups is 1. The molecular formula is C16H20N2O. The van der Waals surface area contributed by atoms with Crippen molar-refractivity contribution in [3.05, 3.63) is 34.4 Å². The molecule has 1 atom stereocenters. The first-order chi connectivity index (χ1) is 8.84. The van der Waals surface area contributed by atoms with E-state index in [1.165, 1.54) is 11.1 Å². The van der Waals surface area contributed by atoms with Crippen LogP contribution in [0.4, 0.5) is 0 Å². The van der Waals surface area contributed by atoms with E-state index in [1.807, 2.05) is 39.8 Å². The number of hydrogen-bond acceptors (Lipinski definition) is 2. The predicted molar refractivity (Wildman–Crippen MR) is 74.6 cm³/mol. The van der Waals surface area contributed by atoms with Crippen molar-refractivity contribution in [1.82, 2.24) is 5.32 Å². The van der Waals surface area contributed by atoms with Gasteiger partial charge in [0.15, 0.2) is 0 Å². The van der Waals surface area contributed by atoms with Crippen molar-refractivity contribution in [3.63, 3.8) is 0 Å². The van der Waals surface area contributed by atoms with Gasteiger partial charge in [-0.1, -0.05) is 26.8 Å².